The zero-order valence-corrected chi connectivity index (χ0v) is 11.0. The number of halogens is 3. The van der Waals surface area contributed by atoms with Crippen molar-refractivity contribution in [2.75, 3.05) is 6.54 Å². The molecule has 0 aromatic carbocycles. The van der Waals surface area contributed by atoms with E-state index in [2.05, 4.69) is 15.7 Å². The van der Waals surface area contributed by atoms with Crippen LogP contribution in [0.3, 0.4) is 0 Å². The second-order valence-corrected chi connectivity index (χ2v) is 4.40. The summed E-state index contributed by atoms with van der Waals surface area (Å²) in [6, 6.07) is 0.721. The molecule has 0 fully saturated rings. The predicted molar refractivity (Wildman–Crippen MR) is 63.5 cm³/mol. The third-order valence-corrected chi connectivity index (χ3v) is 2.13. The highest BCUT2D eigenvalue weighted by Gasteiger charge is 2.33. The van der Waals surface area contributed by atoms with Gasteiger partial charge in [-0.15, -0.1) is 0 Å². The number of rotatable bonds is 5. The molecule has 0 saturated carbocycles. The van der Waals surface area contributed by atoms with E-state index in [1.54, 1.807) is 13.8 Å². The van der Waals surface area contributed by atoms with Gasteiger partial charge in [-0.1, -0.05) is 0 Å². The Hall–Kier alpha value is -2.06. The van der Waals surface area contributed by atoms with E-state index in [9.17, 15) is 22.8 Å². The van der Waals surface area contributed by atoms with Gasteiger partial charge in [0.2, 0.25) is 11.8 Å². The molecular weight excluding hydrogens is 277 g/mol. The van der Waals surface area contributed by atoms with Crippen LogP contribution in [0, 0.1) is 0 Å². The molecule has 0 saturated heterocycles. The van der Waals surface area contributed by atoms with Gasteiger partial charge in [0.15, 0.2) is 5.69 Å². The fraction of sp³-hybridized carbons (Fsp3) is 0.545. The molecule has 20 heavy (non-hydrogen) atoms. The first kappa shape index (κ1) is 16.0. The van der Waals surface area contributed by atoms with Gasteiger partial charge in [0.25, 0.3) is 0 Å². The van der Waals surface area contributed by atoms with Crippen LogP contribution in [0.2, 0.25) is 0 Å². The SMILES string of the molecule is CC(C)NC(=O)CNC(=O)Cn1ccc(C(F)(F)F)n1. The molecule has 0 radical (unpaired) electrons. The minimum absolute atomic E-state index is 0.0557. The molecular formula is C11H15F3N4O2. The molecule has 0 aliphatic carbocycles. The van der Waals surface area contributed by atoms with Crippen LogP contribution in [0.4, 0.5) is 13.2 Å². The molecule has 0 bridgehead atoms. The minimum atomic E-state index is -4.54. The molecule has 0 spiro atoms. The van der Waals surface area contributed by atoms with Crippen LogP contribution < -0.4 is 10.6 Å². The van der Waals surface area contributed by atoms with E-state index in [0.717, 1.165) is 16.9 Å². The summed E-state index contributed by atoms with van der Waals surface area (Å²) in [6.07, 6.45) is -3.49. The highest BCUT2D eigenvalue weighted by molar-refractivity contribution is 5.84. The Bertz CT molecular complexity index is 482. The lowest BCUT2D eigenvalue weighted by molar-refractivity contribution is -0.141. The van der Waals surface area contributed by atoms with Crippen LogP contribution in [0.1, 0.15) is 19.5 Å². The van der Waals surface area contributed by atoms with Crippen molar-refractivity contribution < 1.29 is 22.8 Å². The maximum Gasteiger partial charge on any atom is 0.435 e. The van der Waals surface area contributed by atoms with Gasteiger partial charge in [-0.2, -0.15) is 18.3 Å². The predicted octanol–water partition coefficient (Wildman–Crippen LogP) is 0.543. The number of nitrogens with one attached hydrogen (secondary N) is 2. The number of nitrogens with zero attached hydrogens (tertiary/aromatic N) is 2. The smallest absolute Gasteiger partial charge is 0.352 e. The summed E-state index contributed by atoms with van der Waals surface area (Å²) in [5.74, 6) is -0.967. The summed E-state index contributed by atoms with van der Waals surface area (Å²) in [7, 11) is 0. The van der Waals surface area contributed by atoms with Gasteiger partial charge in [-0.05, 0) is 19.9 Å². The van der Waals surface area contributed by atoms with Crippen molar-refractivity contribution in [3.63, 3.8) is 0 Å². The first-order chi connectivity index (χ1) is 9.18. The molecule has 1 aromatic rings. The number of carbonyl (C=O) groups excluding carboxylic acids is 2. The van der Waals surface area contributed by atoms with Crippen LogP contribution >= 0.6 is 0 Å². The molecule has 9 heteroatoms. The molecule has 1 rings (SSSR count). The maximum atomic E-state index is 12.3. The summed E-state index contributed by atoms with van der Waals surface area (Å²) >= 11 is 0. The van der Waals surface area contributed by atoms with E-state index in [1.807, 2.05) is 0 Å². The number of amides is 2. The molecule has 2 amide bonds. The van der Waals surface area contributed by atoms with E-state index >= 15 is 0 Å². The second kappa shape index (κ2) is 6.40. The summed E-state index contributed by atoms with van der Waals surface area (Å²) in [6.45, 7) is 2.92. The Labute approximate surface area is 113 Å². The third-order valence-electron chi connectivity index (χ3n) is 2.13. The van der Waals surface area contributed by atoms with Crippen LogP contribution in [0.15, 0.2) is 12.3 Å². The molecule has 0 unspecified atom stereocenters. The molecule has 6 nitrogen and oxygen atoms in total. The zero-order valence-electron chi connectivity index (χ0n) is 11.0. The van der Waals surface area contributed by atoms with E-state index in [-0.39, 0.29) is 25.0 Å². The second-order valence-electron chi connectivity index (χ2n) is 4.40. The molecule has 1 aromatic heterocycles. The Balaban J connectivity index is 2.43. The van der Waals surface area contributed by atoms with Crippen LogP contribution in [-0.4, -0.2) is 34.2 Å². The quantitative estimate of drug-likeness (QED) is 0.832. The summed E-state index contributed by atoms with van der Waals surface area (Å²) in [4.78, 5) is 22.7. The zero-order chi connectivity index (χ0) is 15.3. The average molecular weight is 292 g/mol. The molecule has 0 aliphatic heterocycles. The Morgan fingerprint density at radius 3 is 2.50 bits per heavy atom. The lowest BCUT2D eigenvalue weighted by Crippen LogP contribution is -2.40. The molecule has 1 heterocycles. The van der Waals surface area contributed by atoms with Gasteiger partial charge in [0.1, 0.15) is 6.54 Å². The summed E-state index contributed by atoms with van der Waals surface area (Å²) in [5.41, 5.74) is -1.07. The van der Waals surface area contributed by atoms with Crippen LogP contribution in [0.25, 0.3) is 0 Å². The lowest BCUT2D eigenvalue weighted by atomic mass is 10.4. The lowest BCUT2D eigenvalue weighted by Gasteiger charge is -2.09. The van der Waals surface area contributed by atoms with E-state index in [4.69, 9.17) is 0 Å². The highest BCUT2D eigenvalue weighted by atomic mass is 19.4. The largest absolute Gasteiger partial charge is 0.435 e. The van der Waals surface area contributed by atoms with Crippen molar-refractivity contribution >= 4 is 11.8 Å². The topological polar surface area (TPSA) is 76.0 Å². The Kier molecular flexibility index (Phi) is 5.12. The standard InChI is InChI=1S/C11H15F3N4O2/c1-7(2)16-9(19)5-15-10(20)6-18-4-3-8(17-18)11(12,13)14/h3-4,7H,5-6H2,1-2H3,(H,15,20)(H,16,19). The van der Waals surface area contributed by atoms with Gasteiger partial charge in [-0.25, -0.2) is 0 Å². The van der Waals surface area contributed by atoms with E-state index in [0.29, 0.717) is 0 Å². The van der Waals surface area contributed by atoms with E-state index < -0.39 is 17.8 Å². The van der Waals surface area contributed by atoms with Gasteiger partial charge < -0.3 is 10.6 Å². The minimum Gasteiger partial charge on any atom is -0.352 e. The Morgan fingerprint density at radius 1 is 1.35 bits per heavy atom. The monoisotopic (exact) mass is 292 g/mol. The number of carbonyl (C=O) groups is 2. The highest BCUT2D eigenvalue weighted by Crippen LogP contribution is 2.27. The number of hydrogen-bond donors (Lipinski definition) is 2. The van der Waals surface area contributed by atoms with Crippen molar-refractivity contribution in [3.05, 3.63) is 18.0 Å². The van der Waals surface area contributed by atoms with Crippen LogP contribution in [0.5, 0.6) is 0 Å². The molecule has 0 aliphatic rings. The fourth-order valence-corrected chi connectivity index (χ4v) is 1.36. The first-order valence-corrected chi connectivity index (χ1v) is 5.85. The van der Waals surface area contributed by atoms with Gasteiger partial charge in [0.05, 0.1) is 6.54 Å². The van der Waals surface area contributed by atoms with Gasteiger partial charge in [0, 0.05) is 12.2 Å². The molecule has 112 valence electrons. The average Bonchev–Trinajstić information content (AvgIpc) is 2.73. The van der Waals surface area contributed by atoms with Crippen molar-refractivity contribution in [2.24, 2.45) is 0 Å². The van der Waals surface area contributed by atoms with Crippen molar-refractivity contribution in [1.29, 1.82) is 0 Å². The molecule has 2 N–H and O–H groups in total. The third kappa shape index (κ3) is 5.29. The van der Waals surface area contributed by atoms with Gasteiger partial charge >= 0.3 is 6.18 Å². The first-order valence-electron chi connectivity index (χ1n) is 5.85. The van der Waals surface area contributed by atoms with Crippen LogP contribution in [-0.2, 0) is 22.3 Å². The van der Waals surface area contributed by atoms with E-state index in [1.165, 1.54) is 0 Å². The summed E-state index contributed by atoms with van der Waals surface area (Å²) in [5, 5.41) is 8.08. The number of alkyl halides is 3. The Morgan fingerprint density at radius 2 is 2.00 bits per heavy atom. The summed E-state index contributed by atoms with van der Waals surface area (Å²) < 4.78 is 37.7. The van der Waals surface area contributed by atoms with Crippen molar-refractivity contribution in [1.82, 2.24) is 20.4 Å². The van der Waals surface area contributed by atoms with Gasteiger partial charge in [-0.3, -0.25) is 14.3 Å². The normalized spacial score (nSPS) is 11.5. The maximum absolute atomic E-state index is 12.3. The molecule has 0 atom stereocenters. The number of hydrogen-bond acceptors (Lipinski definition) is 3. The number of aromatic nitrogens is 2. The van der Waals surface area contributed by atoms with Crippen molar-refractivity contribution in [2.45, 2.75) is 32.6 Å². The van der Waals surface area contributed by atoms with Crippen molar-refractivity contribution in [3.8, 4) is 0 Å². The fourth-order valence-electron chi connectivity index (χ4n) is 1.36.